The lowest BCUT2D eigenvalue weighted by Crippen LogP contribution is -2.30. The SMILES string of the molecule is O=C(CO)Nc1ccc2c(c1)c(=O)n1n2CCN(c2c(F)cc(N3C[C@H](CCC(=O)C(F)F)OC3=O)cc2F)CC1. The Bertz CT molecular complexity index is 1570. The lowest BCUT2D eigenvalue weighted by Gasteiger charge is -2.24. The number of anilines is 3. The fourth-order valence-corrected chi connectivity index (χ4v) is 5.12. The van der Waals surface area contributed by atoms with E-state index in [1.54, 1.807) is 16.8 Å². The van der Waals surface area contributed by atoms with E-state index in [-0.39, 0.29) is 56.1 Å². The summed E-state index contributed by atoms with van der Waals surface area (Å²) in [5, 5.41) is 11.8. The van der Waals surface area contributed by atoms with Crippen molar-refractivity contribution in [2.24, 2.45) is 0 Å². The highest BCUT2D eigenvalue weighted by Gasteiger charge is 2.34. The van der Waals surface area contributed by atoms with Crippen LogP contribution in [0.1, 0.15) is 12.8 Å². The highest BCUT2D eigenvalue weighted by molar-refractivity contribution is 5.94. The lowest BCUT2D eigenvalue weighted by atomic mass is 10.1. The van der Waals surface area contributed by atoms with Gasteiger partial charge in [0.15, 0.2) is 17.4 Å². The molecule has 15 heteroatoms. The van der Waals surface area contributed by atoms with E-state index in [1.807, 2.05) is 0 Å². The molecule has 3 aromatic rings. The average molecular weight is 580 g/mol. The maximum absolute atomic E-state index is 15.3. The van der Waals surface area contributed by atoms with Crippen molar-refractivity contribution >= 4 is 45.7 Å². The van der Waals surface area contributed by atoms with E-state index in [4.69, 9.17) is 9.84 Å². The summed E-state index contributed by atoms with van der Waals surface area (Å²) in [4.78, 5) is 50.5. The van der Waals surface area contributed by atoms with Gasteiger partial charge in [0.1, 0.15) is 18.4 Å². The van der Waals surface area contributed by atoms with Crippen molar-refractivity contribution in [2.45, 2.75) is 38.5 Å². The van der Waals surface area contributed by atoms with Crippen LogP contribution in [0.3, 0.4) is 0 Å². The first kappa shape index (κ1) is 28.1. The van der Waals surface area contributed by atoms with Crippen molar-refractivity contribution in [3.8, 4) is 0 Å². The number of hydrogen-bond acceptors (Lipinski definition) is 7. The fraction of sp³-hybridized carbons (Fsp3) is 0.385. The first-order valence-corrected chi connectivity index (χ1v) is 12.7. The number of rotatable bonds is 8. The molecular formula is C26H25F4N5O6. The van der Waals surface area contributed by atoms with Crippen LogP contribution in [0.15, 0.2) is 35.1 Å². The molecule has 2 N–H and O–H groups in total. The smallest absolute Gasteiger partial charge is 0.414 e. The number of aliphatic hydroxyl groups is 1. The number of amides is 2. The van der Waals surface area contributed by atoms with Crippen LogP contribution in [-0.4, -0.2) is 71.0 Å². The van der Waals surface area contributed by atoms with Gasteiger partial charge in [0.25, 0.3) is 12.0 Å². The van der Waals surface area contributed by atoms with Gasteiger partial charge in [0, 0.05) is 37.3 Å². The van der Waals surface area contributed by atoms with Gasteiger partial charge >= 0.3 is 6.09 Å². The summed E-state index contributed by atoms with van der Waals surface area (Å²) in [5.41, 5.74) is 0.0973. The number of ketones is 1. The average Bonchev–Trinajstić information content (AvgIpc) is 3.33. The van der Waals surface area contributed by atoms with Gasteiger partial charge in [-0.05, 0) is 24.6 Å². The van der Waals surface area contributed by atoms with Crippen molar-refractivity contribution in [3.05, 3.63) is 52.3 Å². The third-order valence-corrected chi connectivity index (χ3v) is 7.08. The Morgan fingerprint density at radius 1 is 1.02 bits per heavy atom. The highest BCUT2D eigenvalue weighted by Crippen LogP contribution is 2.32. The Balaban J connectivity index is 1.32. The molecule has 1 fully saturated rings. The van der Waals surface area contributed by atoms with E-state index in [0.717, 1.165) is 17.0 Å². The molecule has 0 saturated carbocycles. The quantitative estimate of drug-likeness (QED) is 0.393. The lowest BCUT2D eigenvalue weighted by molar-refractivity contribution is -0.130. The van der Waals surface area contributed by atoms with Gasteiger partial charge < -0.3 is 20.1 Å². The van der Waals surface area contributed by atoms with Crippen molar-refractivity contribution in [3.63, 3.8) is 0 Å². The maximum Gasteiger partial charge on any atom is 0.414 e. The van der Waals surface area contributed by atoms with Gasteiger partial charge in [-0.1, -0.05) is 0 Å². The molecular weight excluding hydrogens is 554 g/mol. The highest BCUT2D eigenvalue weighted by atomic mass is 19.3. The zero-order valence-corrected chi connectivity index (χ0v) is 21.5. The summed E-state index contributed by atoms with van der Waals surface area (Å²) in [6, 6.07) is 6.66. The Hall–Kier alpha value is -4.40. The normalized spacial score (nSPS) is 17.1. The number of fused-ring (bicyclic) bond motifs is 3. The third-order valence-electron chi connectivity index (χ3n) is 7.08. The number of aliphatic hydroxyl groups excluding tert-OH is 1. The van der Waals surface area contributed by atoms with Crippen molar-refractivity contribution in [1.29, 1.82) is 0 Å². The van der Waals surface area contributed by atoms with E-state index in [1.165, 1.54) is 15.6 Å². The maximum atomic E-state index is 15.3. The first-order chi connectivity index (χ1) is 19.6. The number of alkyl halides is 2. The Morgan fingerprint density at radius 3 is 2.37 bits per heavy atom. The number of ether oxygens (including phenoxy) is 1. The number of cyclic esters (lactones) is 1. The summed E-state index contributed by atoms with van der Waals surface area (Å²) in [7, 11) is 0. The van der Waals surface area contributed by atoms with Crippen LogP contribution < -0.4 is 20.7 Å². The van der Waals surface area contributed by atoms with E-state index < -0.39 is 55.0 Å². The number of carbonyl (C=O) groups is 3. The molecule has 0 aliphatic carbocycles. The minimum absolute atomic E-state index is 0.0868. The number of nitrogens with one attached hydrogen (secondary N) is 1. The molecule has 2 aliphatic rings. The Morgan fingerprint density at radius 2 is 1.71 bits per heavy atom. The summed E-state index contributed by atoms with van der Waals surface area (Å²) < 4.78 is 63.7. The second-order valence-corrected chi connectivity index (χ2v) is 9.66. The molecule has 0 bridgehead atoms. The second-order valence-electron chi connectivity index (χ2n) is 9.66. The van der Waals surface area contributed by atoms with Gasteiger partial charge in [-0.25, -0.2) is 27.0 Å². The van der Waals surface area contributed by atoms with Crippen molar-refractivity contribution in [1.82, 2.24) is 9.36 Å². The molecule has 1 aromatic heterocycles. The van der Waals surface area contributed by atoms with E-state index >= 15 is 8.78 Å². The molecule has 1 atom stereocenters. The summed E-state index contributed by atoms with van der Waals surface area (Å²) in [6.07, 6.45) is -5.56. The molecule has 41 heavy (non-hydrogen) atoms. The molecule has 5 rings (SSSR count). The Kier molecular flexibility index (Phi) is 7.71. The van der Waals surface area contributed by atoms with Crippen molar-refractivity contribution < 1.29 is 41.8 Å². The second kappa shape index (κ2) is 11.2. The molecule has 1 saturated heterocycles. The predicted octanol–water partition coefficient (Wildman–Crippen LogP) is 2.47. The number of halogens is 4. The molecule has 3 heterocycles. The van der Waals surface area contributed by atoms with Crippen LogP contribution in [0.25, 0.3) is 10.9 Å². The number of carbonyl (C=O) groups excluding carboxylic acids is 3. The van der Waals surface area contributed by atoms with Crippen LogP contribution in [0.5, 0.6) is 0 Å². The van der Waals surface area contributed by atoms with Crippen LogP contribution in [-0.2, 0) is 27.4 Å². The predicted molar refractivity (Wildman–Crippen MR) is 138 cm³/mol. The van der Waals surface area contributed by atoms with E-state index in [9.17, 15) is 28.0 Å². The fourth-order valence-electron chi connectivity index (χ4n) is 5.12. The van der Waals surface area contributed by atoms with Crippen LogP contribution in [0.4, 0.5) is 39.4 Å². The topological polar surface area (TPSA) is 126 Å². The van der Waals surface area contributed by atoms with Crippen LogP contribution >= 0.6 is 0 Å². The summed E-state index contributed by atoms with van der Waals surface area (Å²) in [6.45, 7) is -0.326. The van der Waals surface area contributed by atoms with Gasteiger partial charge in [0.2, 0.25) is 5.91 Å². The molecule has 2 aliphatic heterocycles. The van der Waals surface area contributed by atoms with Crippen LogP contribution in [0, 0.1) is 11.6 Å². The van der Waals surface area contributed by atoms with Gasteiger partial charge in [-0.3, -0.25) is 24.0 Å². The minimum Gasteiger partial charge on any atom is -0.444 e. The largest absolute Gasteiger partial charge is 0.444 e. The molecule has 218 valence electrons. The molecule has 2 aromatic carbocycles. The zero-order valence-electron chi connectivity index (χ0n) is 21.5. The minimum atomic E-state index is -3.13. The zero-order chi connectivity index (χ0) is 29.4. The molecule has 2 amide bonds. The Labute approximate surface area is 229 Å². The standard InChI is InChI=1S/C26H25F4N5O6/c27-18-10-15(33-12-16(41-26(33)40)2-4-21(37)24(29)30)11-19(28)23(18)32-5-7-34-20-3-1-14(31-22(38)13-36)9-17(20)25(39)35(34)8-6-32/h1,3,9-11,16,24,36H,2,4-8,12-13H2,(H,31,38)/t16-/m0/s1. The number of benzene rings is 2. The number of Topliss-reactive ketones (excluding diaryl/α,β-unsaturated/α-hetero) is 1. The first-order valence-electron chi connectivity index (χ1n) is 12.7. The van der Waals surface area contributed by atoms with Gasteiger partial charge in [-0.15, -0.1) is 0 Å². The number of aromatic nitrogens is 2. The van der Waals surface area contributed by atoms with E-state index in [2.05, 4.69) is 5.32 Å². The van der Waals surface area contributed by atoms with E-state index in [0.29, 0.717) is 16.6 Å². The number of nitrogens with zero attached hydrogens (tertiary/aromatic N) is 4. The van der Waals surface area contributed by atoms with Gasteiger partial charge in [0.05, 0.1) is 36.2 Å². The molecule has 11 nitrogen and oxygen atoms in total. The van der Waals surface area contributed by atoms with Crippen LogP contribution in [0.2, 0.25) is 0 Å². The number of hydrogen-bond donors (Lipinski definition) is 2. The monoisotopic (exact) mass is 579 g/mol. The molecule has 0 spiro atoms. The summed E-state index contributed by atoms with van der Waals surface area (Å²) in [5.74, 6) is -3.80. The molecule has 0 radical (unpaired) electrons. The molecule has 0 unspecified atom stereocenters. The van der Waals surface area contributed by atoms with Crippen molar-refractivity contribution in [2.75, 3.05) is 41.4 Å². The third kappa shape index (κ3) is 5.49. The van der Waals surface area contributed by atoms with Gasteiger partial charge in [-0.2, -0.15) is 0 Å². The summed E-state index contributed by atoms with van der Waals surface area (Å²) >= 11 is 0.